The molecule has 0 aliphatic carbocycles. The maximum Gasteiger partial charge on any atom is 0.303 e. The van der Waals surface area contributed by atoms with E-state index in [1.165, 1.54) is 37.4 Å². The van der Waals surface area contributed by atoms with Crippen LogP contribution in [0.1, 0.15) is 10.4 Å². The number of hydrogen-bond acceptors (Lipinski definition) is 5. The van der Waals surface area contributed by atoms with E-state index in [9.17, 15) is 13.2 Å². The Labute approximate surface area is 123 Å². The van der Waals surface area contributed by atoms with Crippen molar-refractivity contribution in [1.29, 1.82) is 0 Å². The number of nitrogens with one attached hydrogen (secondary N) is 1. The van der Waals surface area contributed by atoms with Crippen molar-refractivity contribution in [3.63, 3.8) is 0 Å². The highest BCUT2D eigenvalue weighted by molar-refractivity contribution is 7.87. The number of carbonyl (C=O) groups excluding carboxylic acids is 1. The Morgan fingerprint density at radius 2 is 2.19 bits per heavy atom. The molecular weight excluding hydrogens is 294 g/mol. The Hall–Kier alpha value is -2.39. The van der Waals surface area contributed by atoms with Crippen molar-refractivity contribution in [2.24, 2.45) is 5.73 Å². The molecular formula is C12H17N5O3S. The molecule has 0 spiro atoms. The second-order valence-corrected chi connectivity index (χ2v) is 5.96. The second kappa shape index (κ2) is 6.86. The highest BCUT2D eigenvalue weighted by atomic mass is 32.2. The molecule has 3 N–H and O–H groups in total. The Bertz CT molecular complexity index is 686. The normalized spacial score (nSPS) is 12.8. The molecule has 8 nitrogen and oxygen atoms in total. The van der Waals surface area contributed by atoms with Gasteiger partial charge in [0.2, 0.25) is 0 Å². The summed E-state index contributed by atoms with van der Waals surface area (Å²) in [7, 11) is -1.22. The average molecular weight is 311 g/mol. The Kier molecular flexibility index (Phi) is 5.44. The standard InChI is InChI=1S/C12H17N5O3S/c1-4-5-6-11(7-13)17-9-10(8-14-17)12(18)15-21(19,20)16(2)3/h4-9H,1,13H2,2-3H3,(H,15,18)/b6-5-,11-7+. The van der Waals surface area contributed by atoms with E-state index in [4.69, 9.17) is 5.73 Å². The van der Waals surface area contributed by atoms with Gasteiger partial charge in [0.05, 0.1) is 17.5 Å². The van der Waals surface area contributed by atoms with Crippen LogP contribution in [0.25, 0.3) is 5.70 Å². The molecule has 0 saturated carbocycles. The smallest absolute Gasteiger partial charge is 0.303 e. The molecule has 1 heterocycles. The van der Waals surface area contributed by atoms with Crippen LogP contribution in [0.15, 0.2) is 43.4 Å². The average Bonchev–Trinajstić information content (AvgIpc) is 2.89. The first kappa shape index (κ1) is 16.7. The molecule has 0 saturated heterocycles. The van der Waals surface area contributed by atoms with E-state index >= 15 is 0 Å². The molecule has 0 fully saturated rings. The topological polar surface area (TPSA) is 110 Å². The number of aromatic nitrogens is 2. The summed E-state index contributed by atoms with van der Waals surface area (Å²) < 4.78 is 27.3. The molecule has 0 aromatic carbocycles. The van der Waals surface area contributed by atoms with E-state index in [-0.39, 0.29) is 5.56 Å². The Morgan fingerprint density at radius 1 is 1.52 bits per heavy atom. The van der Waals surface area contributed by atoms with Crippen LogP contribution >= 0.6 is 0 Å². The molecule has 114 valence electrons. The van der Waals surface area contributed by atoms with Gasteiger partial charge in [-0.25, -0.2) is 9.40 Å². The molecule has 21 heavy (non-hydrogen) atoms. The van der Waals surface area contributed by atoms with Gasteiger partial charge in [0.15, 0.2) is 0 Å². The monoisotopic (exact) mass is 311 g/mol. The number of rotatable bonds is 6. The van der Waals surface area contributed by atoms with Crippen LogP contribution < -0.4 is 10.5 Å². The largest absolute Gasteiger partial charge is 0.403 e. The van der Waals surface area contributed by atoms with E-state index in [1.54, 1.807) is 18.2 Å². The maximum atomic E-state index is 11.8. The predicted molar refractivity (Wildman–Crippen MR) is 80.1 cm³/mol. The SMILES string of the molecule is C=C/C=C\C(=C/N)n1cc(C(=O)NS(=O)(=O)N(C)C)cn1. The number of nitrogens with zero attached hydrogens (tertiary/aromatic N) is 3. The van der Waals surface area contributed by atoms with Gasteiger partial charge in [-0.15, -0.1) is 0 Å². The fraction of sp³-hybridized carbons (Fsp3) is 0.167. The van der Waals surface area contributed by atoms with E-state index in [2.05, 4.69) is 11.7 Å². The van der Waals surface area contributed by atoms with Gasteiger partial charge in [0.1, 0.15) is 0 Å². The lowest BCUT2D eigenvalue weighted by Gasteiger charge is -2.11. The lowest BCUT2D eigenvalue weighted by molar-refractivity contribution is 0.0979. The Balaban J connectivity index is 2.96. The third-order valence-electron chi connectivity index (χ3n) is 2.39. The first-order valence-electron chi connectivity index (χ1n) is 5.82. The van der Waals surface area contributed by atoms with E-state index in [1.807, 2.05) is 4.72 Å². The van der Waals surface area contributed by atoms with E-state index < -0.39 is 16.1 Å². The van der Waals surface area contributed by atoms with Gasteiger partial charge in [-0.3, -0.25) is 4.79 Å². The third kappa shape index (κ3) is 4.29. The predicted octanol–water partition coefficient (Wildman–Crippen LogP) is -0.0814. The summed E-state index contributed by atoms with van der Waals surface area (Å²) in [5, 5.41) is 3.95. The van der Waals surface area contributed by atoms with Crippen molar-refractivity contribution >= 4 is 21.8 Å². The fourth-order valence-corrected chi connectivity index (χ4v) is 1.76. The zero-order valence-corrected chi connectivity index (χ0v) is 12.5. The molecule has 1 rings (SSSR count). The van der Waals surface area contributed by atoms with Crippen molar-refractivity contribution in [2.75, 3.05) is 14.1 Å². The zero-order chi connectivity index (χ0) is 16.0. The fourth-order valence-electron chi connectivity index (χ4n) is 1.22. The molecule has 0 radical (unpaired) electrons. The van der Waals surface area contributed by atoms with Gasteiger partial charge >= 0.3 is 10.2 Å². The summed E-state index contributed by atoms with van der Waals surface area (Å²) in [4.78, 5) is 11.8. The third-order valence-corrected chi connectivity index (χ3v) is 3.79. The van der Waals surface area contributed by atoms with Crippen LogP contribution in [0.4, 0.5) is 0 Å². The van der Waals surface area contributed by atoms with Gasteiger partial charge < -0.3 is 5.73 Å². The van der Waals surface area contributed by atoms with Crippen LogP contribution in [-0.4, -0.2) is 42.5 Å². The molecule has 1 aromatic heterocycles. The zero-order valence-electron chi connectivity index (χ0n) is 11.7. The summed E-state index contributed by atoms with van der Waals surface area (Å²) in [6, 6.07) is 0. The van der Waals surface area contributed by atoms with Crippen LogP contribution in [-0.2, 0) is 10.2 Å². The molecule has 0 unspecified atom stereocenters. The number of amides is 1. The first-order valence-corrected chi connectivity index (χ1v) is 7.26. The van der Waals surface area contributed by atoms with Gasteiger partial charge in [-0.05, 0) is 6.08 Å². The van der Waals surface area contributed by atoms with Crippen molar-refractivity contribution in [2.45, 2.75) is 0 Å². The van der Waals surface area contributed by atoms with Crippen molar-refractivity contribution in [3.8, 4) is 0 Å². The second-order valence-electron chi connectivity index (χ2n) is 4.08. The van der Waals surface area contributed by atoms with Crippen molar-refractivity contribution < 1.29 is 13.2 Å². The number of allylic oxidation sites excluding steroid dienone is 4. The van der Waals surface area contributed by atoms with E-state index in [0.717, 1.165) is 4.31 Å². The van der Waals surface area contributed by atoms with Crippen LogP contribution in [0.2, 0.25) is 0 Å². The minimum absolute atomic E-state index is 0.0896. The minimum atomic E-state index is -3.85. The molecule has 1 aromatic rings. The lowest BCUT2D eigenvalue weighted by atomic mass is 10.3. The van der Waals surface area contributed by atoms with Gasteiger partial charge in [0.25, 0.3) is 5.91 Å². The number of nitrogens with two attached hydrogens (primary N) is 1. The lowest BCUT2D eigenvalue weighted by Crippen LogP contribution is -2.39. The molecule has 0 aliphatic rings. The number of hydrogen-bond donors (Lipinski definition) is 2. The molecule has 0 bridgehead atoms. The van der Waals surface area contributed by atoms with Gasteiger partial charge in [-0.1, -0.05) is 18.7 Å². The summed E-state index contributed by atoms with van der Waals surface area (Å²) in [6.45, 7) is 3.53. The first-order chi connectivity index (χ1) is 9.81. The van der Waals surface area contributed by atoms with Crippen LogP contribution in [0.5, 0.6) is 0 Å². The van der Waals surface area contributed by atoms with Gasteiger partial charge in [0, 0.05) is 26.5 Å². The minimum Gasteiger partial charge on any atom is -0.403 e. The van der Waals surface area contributed by atoms with Gasteiger partial charge in [-0.2, -0.15) is 17.8 Å². The highest BCUT2D eigenvalue weighted by Crippen LogP contribution is 2.07. The summed E-state index contributed by atoms with van der Waals surface area (Å²) in [5.41, 5.74) is 6.05. The maximum absolute atomic E-state index is 11.8. The quantitative estimate of drug-likeness (QED) is 0.714. The summed E-state index contributed by atoms with van der Waals surface area (Å²) >= 11 is 0. The van der Waals surface area contributed by atoms with Crippen molar-refractivity contribution in [1.82, 2.24) is 18.8 Å². The summed E-state index contributed by atoms with van der Waals surface area (Å²) in [6.07, 6.45) is 8.75. The highest BCUT2D eigenvalue weighted by Gasteiger charge is 2.19. The van der Waals surface area contributed by atoms with E-state index in [0.29, 0.717) is 5.70 Å². The van der Waals surface area contributed by atoms with Crippen molar-refractivity contribution in [3.05, 3.63) is 49.0 Å². The Morgan fingerprint density at radius 3 is 2.71 bits per heavy atom. The van der Waals surface area contributed by atoms with Crippen LogP contribution in [0.3, 0.4) is 0 Å². The molecule has 9 heteroatoms. The molecule has 1 amide bonds. The molecule has 0 aliphatic heterocycles. The summed E-state index contributed by atoms with van der Waals surface area (Å²) in [5.74, 6) is -0.779. The number of carbonyl (C=O) groups is 1. The molecule has 0 atom stereocenters. The van der Waals surface area contributed by atoms with Crippen LogP contribution in [0, 0.1) is 0 Å².